The second-order valence-electron chi connectivity index (χ2n) is 4.98. The summed E-state index contributed by atoms with van der Waals surface area (Å²) in [6.07, 6.45) is 2.88. The van der Waals surface area contributed by atoms with Gasteiger partial charge in [0.05, 0.1) is 12.0 Å². The minimum Gasteiger partial charge on any atom is -0.351 e. The van der Waals surface area contributed by atoms with E-state index < -0.39 is 17.4 Å². The molecule has 0 aromatic rings. The minimum absolute atomic E-state index is 0.123. The topological polar surface area (TPSA) is 113 Å². The van der Waals surface area contributed by atoms with Crippen LogP contribution in [0.2, 0.25) is 0 Å². The van der Waals surface area contributed by atoms with Crippen LogP contribution in [-0.4, -0.2) is 35.2 Å². The number of rotatable bonds is 4. The summed E-state index contributed by atoms with van der Waals surface area (Å²) in [4.78, 5) is 33.3. The van der Waals surface area contributed by atoms with Gasteiger partial charge in [0.25, 0.3) is 0 Å². The van der Waals surface area contributed by atoms with Gasteiger partial charge in [0.1, 0.15) is 0 Å². The largest absolute Gasteiger partial charge is 0.351 e. The molecule has 0 bridgehead atoms. The zero-order valence-electron chi connectivity index (χ0n) is 10.4. The van der Waals surface area contributed by atoms with Crippen LogP contribution in [0.25, 0.3) is 0 Å². The zero-order valence-corrected chi connectivity index (χ0v) is 10.4. The van der Waals surface area contributed by atoms with E-state index >= 15 is 0 Å². The third-order valence-electron chi connectivity index (χ3n) is 3.54. The number of nitrogens with zero attached hydrogens (tertiary/aromatic N) is 1. The first-order valence-electron chi connectivity index (χ1n) is 5.91. The minimum atomic E-state index is -0.933. The Morgan fingerprint density at radius 2 is 2.06 bits per heavy atom. The lowest BCUT2D eigenvalue weighted by Crippen LogP contribution is -2.52. The van der Waals surface area contributed by atoms with Crippen LogP contribution < -0.4 is 11.1 Å². The monoisotopic (exact) mass is 257 g/mol. The molecule has 0 aliphatic heterocycles. The molecule has 0 saturated heterocycles. The molecule has 7 nitrogen and oxygen atoms in total. The molecule has 1 saturated carbocycles. The van der Waals surface area contributed by atoms with Gasteiger partial charge in [-0.1, -0.05) is 6.92 Å². The van der Waals surface area contributed by atoms with E-state index in [2.05, 4.69) is 6.92 Å². The van der Waals surface area contributed by atoms with E-state index in [0.717, 1.165) is 12.8 Å². The van der Waals surface area contributed by atoms with E-state index in [1.165, 1.54) is 0 Å². The number of primary amides is 1. The maximum atomic E-state index is 12.0. The summed E-state index contributed by atoms with van der Waals surface area (Å²) < 4.78 is 0. The molecule has 0 atom stereocenters. The summed E-state index contributed by atoms with van der Waals surface area (Å²) in [5.41, 5.74) is 4.00. The number of nitrogens with one attached hydrogen (secondary N) is 1. The van der Waals surface area contributed by atoms with Gasteiger partial charge in [-0.05, 0) is 31.6 Å². The van der Waals surface area contributed by atoms with E-state index in [0.29, 0.717) is 23.8 Å². The second-order valence-corrected chi connectivity index (χ2v) is 4.98. The molecule has 1 fully saturated rings. The normalized spacial score (nSPS) is 27.3. The van der Waals surface area contributed by atoms with Crippen molar-refractivity contribution in [1.29, 1.82) is 0 Å². The average molecular weight is 257 g/mol. The molecule has 4 N–H and O–H groups in total. The Hall–Kier alpha value is -1.63. The molecule has 0 unspecified atom stereocenters. The Morgan fingerprint density at radius 1 is 1.50 bits per heavy atom. The van der Waals surface area contributed by atoms with E-state index in [1.54, 1.807) is 0 Å². The number of hydrogen-bond donors (Lipinski definition) is 3. The van der Waals surface area contributed by atoms with Gasteiger partial charge in [-0.3, -0.25) is 20.1 Å². The maximum absolute atomic E-state index is 12.0. The van der Waals surface area contributed by atoms with Gasteiger partial charge in [0, 0.05) is 0 Å². The molecular weight excluding hydrogens is 238 g/mol. The van der Waals surface area contributed by atoms with Crippen LogP contribution in [0, 0.1) is 11.3 Å². The van der Waals surface area contributed by atoms with Crippen LogP contribution in [0.3, 0.4) is 0 Å². The molecule has 1 rings (SSSR count). The van der Waals surface area contributed by atoms with Crippen LogP contribution in [0.4, 0.5) is 4.79 Å². The molecule has 0 aromatic carbocycles. The summed E-state index contributed by atoms with van der Waals surface area (Å²) in [5, 5.41) is 11.8. The Labute approximate surface area is 105 Å². The standard InChI is InChI=1S/C11H19N3O4/c1-8-2-4-11(5-3-8,6-14(18)7-15)9(16)13-10(12)17/h7-8,18H,2-6H2,1H3,(H3,12,13,16,17). The van der Waals surface area contributed by atoms with Gasteiger partial charge in [-0.2, -0.15) is 0 Å². The molecule has 0 radical (unpaired) electrons. The molecule has 7 heteroatoms. The summed E-state index contributed by atoms with van der Waals surface area (Å²) in [6.45, 7) is 1.95. The van der Waals surface area contributed by atoms with E-state index in [9.17, 15) is 19.6 Å². The van der Waals surface area contributed by atoms with Gasteiger partial charge < -0.3 is 5.73 Å². The van der Waals surface area contributed by atoms with Gasteiger partial charge >= 0.3 is 6.03 Å². The molecule has 1 aliphatic rings. The molecule has 18 heavy (non-hydrogen) atoms. The number of imide groups is 1. The fourth-order valence-corrected chi connectivity index (χ4v) is 2.36. The van der Waals surface area contributed by atoms with Gasteiger partial charge in [-0.25, -0.2) is 9.86 Å². The van der Waals surface area contributed by atoms with Crippen LogP contribution in [-0.2, 0) is 9.59 Å². The summed E-state index contributed by atoms with van der Waals surface area (Å²) in [6, 6.07) is -0.923. The Morgan fingerprint density at radius 3 is 2.50 bits per heavy atom. The Bertz CT molecular complexity index is 337. The van der Waals surface area contributed by atoms with Crippen molar-refractivity contribution in [2.45, 2.75) is 32.6 Å². The highest BCUT2D eigenvalue weighted by molar-refractivity contribution is 5.96. The fourth-order valence-electron chi connectivity index (χ4n) is 2.36. The number of hydrogen-bond acceptors (Lipinski definition) is 4. The smallest absolute Gasteiger partial charge is 0.318 e. The average Bonchev–Trinajstić information content (AvgIpc) is 2.31. The molecule has 0 spiro atoms. The summed E-state index contributed by atoms with van der Waals surface area (Å²) in [5.74, 6) is -0.0364. The van der Waals surface area contributed by atoms with Crippen LogP contribution in [0.15, 0.2) is 0 Å². The highest BCUT2D eigenvalue weighted by atomic mass is 16.5. The van der Waals surface area contributed by atoms with Crippen molar-refractivity contribution in [3.05, 3.63) is 0 Å². The third-order valence-corrected chi connectivity index (χ3v) is 3.54. The van der Waals surface area contributed by atoms with Crippen molar-refractivity contribution >= 4 is 18.3 Å². The van der Waals surface area contributed by atoms with E-state index in [4.69, 9.17) is 5.73 Å². The number of nitrogens with two attached hydrogens (primary N) is 1. The van der Waals surface area contributed by atoms with Crippen LogP contribution in [0.1, 0.15) is 32.6 Å². The number of amides is 4. The predicted molar refractivity (Wildman–Crippen MR) is 62.3 cm³/mol. The first-order chi connectivity index (χ1) is 8.39. The zero-order chi connectivity index (χ0) is 13.8. The summed E-state index contributed by atoms with van der Waals surface area (Å²) >= 11 is 0. The maximum Gasteiger partial charge on any atom is 0.318 e. The number of hydroxylamine groups is 2. The van der Waals surface area contributed by atoms with Gasteiger partial charge in [0.2, 0.25) is 12.3 Å². The number of carbonyl (C=O) groups excluding carboxylic acids is 3. The van der Waals surface area contributed by atoms with Crippen molar-refractivity contribution in [3.63, 3.8) is 0 Å². The van der Waals surface area contributed by atoms with Crippen LogP contribution in [0.5, 0.6) is 0 Å². The van der Waals surface area contributed by atoms with Crippen LogP contribution >= 0.6 is 0 Å². The molecule has 1 aliphatic carbocycles. The predicted octanol–water partition coefficient (Wildman–Crippen LogP) is 0.225. The van der Waals surface area contributed by atoms with Crippen molar-refractivity contribution in [3.8, 4) is 0 Å². The Balaban J connectivity index is 2.83. The van der Waals surface area contributed by atoms with Gasteiger partial charge in [0.15, 0.2) is 0 Å². The van der Waals surface area contributed by atoms with Crippen molar-refractivity contribution < 1.29 is 19.6 Å². The molecular formula is C11H19N3O4. The highest BCUT2D eigenvalue weighted by Crippen LogP contribution is 2.39. The Kier molecular flexibility index (Phi) is 4.66. The van der Waals surface area contributed by atoms with Gasteiger partial charge in [-0.15, -0.1) is 0 Å². The van der Waals surface area contributed by atoms with Crippen molar-refractivity contribution in [2.24, 2.45) is 17.1 Å². The fraction of sp³-hybridized carbons (Fsp3) is 0.727. The van der Waals surface area contributed by atoms with E-state index in [1.807, 2.05) is 5.32 Å². The lowest BCUT2D eigenvalue weighted by molar-refractivity contribution is -0.163. The molecule has 0 aromatic heterocycles. The second kappa shape index (κ2) is 5.81. The molecule has 0 heterocycles. The molecule has 4 amide bonds. The first kappa shape index (κ1) is 14.4. The first-order valence-corrected chi connectivity index (χ1v) is 5.91. The quantitative estimate of drug-likeness (QED) is 0.380. The third kappa shape index (κ3) is 3.43. The highest BCUT2D eigenvalue weighted by Gasteiger charge is 2.42. The SMILES string of the molecule is CC1CCC(CN(O)C=O)(C(=O)NC(N)=O)CC1. The van der Waals surface area contributed by atoms with E-state index in [-0.39, 0.29) is 13.0 Å². The lowest BCUT2D eigenvalue weighted by atomic mass is 9.70. The number of carbonyl (C=O) groups is 3. The lowest BCUT2D eigenvalue weighted by Gasteiger charge is -2.38. The molecule has 102 valence electrons. The van der Waals surface area contributed by atoms with Crippen molar-refractivity contribution in [2.75, 3.05) is 6.54 Å². The summed E-state index contributed by atoms with van der Waals surface area (Å²) in [7, 11) is 0. The number of urea groups is 1. The van der Waals surface area contributed by atoms with Crippen molar-refractivity contribution in [1.82, 2.24) is 10.4 Å².